The Hall–Kier alpha value is -2.63. The average molecular weight is 574 g/mol. The molecule has 0 N–H and O–H groups in total. The number of benzene rings is 2. The van der Waals surface area contributed by atoms with Gasteiger partial charge in [0.25, 0.3) is 0 Å². The van der Waals surface area contributed by atoms with Gasteiger partial charge in [-0.15, -0.1) is 0 Å². The van der Waals surface area contributed by atoms with Crippen LogP contribution in [0.3, 0.4) is 0 Å². The second kappa shape index (κ2) is 13.4. The Morgan fingerprint density at radius 3 is 2.00 bits per heavy atom. The van der Waals surface area contributed by atoms with Gasteiger partial charge in [-0.3, -0.25) is 14.6 Å². The Labute approximate surface area is 231 Å². The van der Waals surface area contributed by atoms with Crippen molar-refractivity contribution >= 4 is 5.91 Å². The Kier molecular flexibility index (Phi) is 10.6. The van der Waals surface area contributed by atoms with E-state index in [2.05, 4.69) is 9.80 Å². The highest BCUT2D eigenvalue weighted by Crippen LogP contribution is 2.36. The summed E-state index contributed by atoms with van der Waals surface area (Å²) >= 11 is 0. The van der Waals surface area contributed by atoms with Crippen LogP contribution in [0.4, 0.5) is 26.3 Å². The minimum absolute atomic E-state index is 0. The molecule has 0 radical (unpaired) electrons. The third-order valence-corrected chi connectivity index (χ3v) is 7.54. The fraction of sp³-hybridized carbons (Fsp3) is 0.552. The molecule has 40 heavy (non-hydrogen) atoms. The van der Waals surface area contributed by atoms with E-state index in [1.54, 1.807) is 0 Å². The lowest BCUT2D eigenvalue weighted by molar-refractivity contribution is -0.143. The first kappa shape index (κ1) is 31.9. The lowest BCUT2D eigenvalue weighted by atomic mass is 9.97. The molecule has 1 atom stereocenters. The Morgan fingerprint density at radius 2 is 1.48 bits per heavy atom. The third-order valence-electron chi connectivity index (χ3n) is 7.54. The molecule has 2 aliphatic rings. The number of morpholine rings is 1. The molecule has 222 valence electrons. The topological polar surface area (TPSA) is 36.0 Å². The molecular weight excluding hydrogens is 536 g/mol. The summed E-state index contributed by atoms with van der Waals surface area (Å²) in [6.45, 7) is 4.58. The number of ether oxygens (including phenoxy) is 1. The van der Waals surface area contributed by atoms with Gasteiger partial charge in [-0.25, -0.2) is 0 Å². The van der Waals surface area contributed by atoms with E-state index in [4.69, 9.17) is 4.74 Å². The Bertz CT molecular complexity index is 1060. The Balaban J connectivity index is 0.00000441. The standard InChI is InChI=1S/C28H33F6N3O2.CH4/c1-35(10-7-20-17-22(27(29,30)31)19-23(18-20)28(32,33)34)26(38)25(21-5-3-2-4-6-21)37-11-8-24(9-12-37)36-13-15-39-16-14-36;/h2-6,17-19,24-25H,7-16H2,1H3;1H4. The quantitative estimate of drug-likeness (QED) is 0.387. The first-order valence-corrected chi connectivity index (χ1v) is 13.1. The van der Waals surface area contributed by atoms with E-state index in [-0.39, 0.29) is 37.9 Å². The summed E-state index contributed by atoms with van der Waals surface area (Å²) in [5, 5.41) is 0. The van der Waals surface area contributed by atoms with Crippen molar-refractivity contribution in [1.29, 1.82) is 0 Å². The van der Waals surface area contributed by atoms with Crippen molar-refractivity contribution in [2.45, 2.75) is 51.1 Å². The predicted molar refractivity (Wildman–Crippen MR) is 141 cm³/mol. The maximum absolute atomic E-state index is 13.7. The number of likely N-dealkylation sites (tertiary alicyclic amines) is 1. The summed E-state index contributed by atoms with van der Waals surface area (Å²) in [5.74, 6) is -0.242. The zero-order valence-corrected chi connectivity index (χ0v) is 21.8. The molecule has 1 unspecified atom stereocenters. The molecule has 2 heterocycles. The second-order valence-corrected chi connectivity index (χ2v) is 10.2. The van der Waals surface area contributed by atoms with Crippen molar-refractivity contribution in [3.05, 3.63) is 70.8 Å². The van der Waals surface area contributed by atoms with Crippen molar-refractivity contribution in [1.82, 2.24) is 14.7 Å². The van der Waals surface area contributed by atoms with Crippen LogP contribution in [-0.4, -0.2) is 79.6 Å². The van der Waals surface area contributed by atoms with Gasteiger partial charge >= 0.3 is 12.4 Å². The van der Waals surface area contributed by atoms with Crippen molar-refractivity contribution in [3.8, 4) is 0 Å². The van der Waals surface area contributed by atoms with Gasteiger partial charge in [-0.05, 0) is 48.6 Å². The highest BCUT2D eigenvalue weighted by Gasteiger charge is 2.37. The van der Waals surface area contributed by atoms with E-state index in [1.807, 2.05) is 30.3 Å². The van der Waals surface area contributed by atoms with Gasteiger partial charge in [0.2, 0.25) is 5.91 Å². The maximum atomic E-state index is 13.7. The van der Waals surface area contributed by atoms with Gasteiger partial charge in [0.05, 0.1) is 24.3 Å². The number of rotatable bonds is 7. The third kappa shape index (κ3) is 7.98. The molecule has 2 aromatic rings. The van der Waals surface area contributed by atoms with Gasteiger partial charge < -0.3 is 9.64 Å². The van der Waals surface area contributed by atoms with Crippen molar-refractivity contribution in [2.75, 3.05) is 53.0 Å². The van der Waals surface area contributed by atoms with Crippen LogP contribution in [0.5, 0.6) is 0 Å². The summed E-state index contributed by atoms with van der Waals surface area (Å²) in [6, 6.07) is 10.7. The number of halogens is 6. The molecule has 0 saturated carbocycles. The van der Waals surface area contributed by atoms with Gasteiger partial charge in [0.1, 0.15) is 6.04 Å². The highest BCUT2D eigenvalue weighted by molar-refractivity contribution is 5.83. The number of carbonyl (C=O) groups is 1. The van der Waals surface area contributed by atoms with Gasteiger partial charge in [-0.1, -0.05) is 37.8 Å². The lowest BCUT2D eigenvalue weighted by Crippen LogP contribution is -2.51. The van der Waals surface area contributed by atoms with Crippen LogP contribution >= 0.6 is 0 Å². The molecule has 5 nitrogen and oxygen atoms in total. The minimum Gasteiger partial charge on any atom is -0.379 e. The molecule has 2 fully saturated rings. The number of alkyl halides is 6. The normalized spacial score (nSPS) is 18.7. The van der Waals surface area contributed by atoms with E-state index >= 15 is 0 Å². The molecule has 0 bridgehead atoms. The van der Waals surface area contributed by atoms with Crippen LogP contribution in [0.25, 0.3) is 0 Å². The van der Waals surface area contributed by atoms with E-state index in [9.17, 15) is 31.1 Å². The van der Waals surface area contributed by atoms with Gasteiger partial charge in [-0.2, -0.15) is 26.3 Å². The smallest absolute Gasteiger partial charge is 0.379 e. The minimum atomic E-state index is -4.91. The number of nitrogens with zero attached hydrogens (tertiary/aromatic N) is 3. The molecular formula is C29H37F6N3O2. The summed E-state index contributed by atoms with van der Waals surface area (Å²) in [7, 11) is 1.54. The van der Waals surface area contributed by atoms with E-state index in [0.717, 1.165) is 43.6 Å². The molecule has 0 aliphatic carbocycles. The number of hydrogen-bond donors (Lipinski definition) is 0. The number of carbonyl (C=O) groups excluding carboxylic acids is 1. The number of amides is 1. The number of piperidine rings is 1. The zero-order valence-electron chi connectivity index (χ0n) is 21.8. The van der Waals surface area contributed by atoms with E-state index in [0.29, 0.717) is 32.3 Å². The fourth-order valence-electron chi connectivity index (χ4n) is 5.38. The van der Waals surface area contributed by atoms with Crippen LogP contribution in [0, 0.1) is 0 Å². The van der Waals surface area contributed by atoms with E-state index < -0.39 is 29.5 Å². The van der Waals surface area contributed by atoms with Gasteiger partial charge in [0.15, 0.2) is 0 Å². The molecule has 0 spiro atoms. The molecule has 2 aromatic carbocycles. The van der Waals surface area contributed by atoms with Crippen LogP contribution in [0.1, 0.15) is 48.6 Å². The van der Waals surface area contributed by atoms with Crippen LogP contribution in [0.15, 0.2) is 48.5 Å². The number of hydrogen-bond acceptors (Lipinski definition) is 4. The first-order valence-electron chi connectivity index (χ1n) is 13.1. The van der Waals surface area contributed by atoms with Crippen molar-refractivity contribution < 1.29 is 35.9 Å². The molecule has 4 rings (SSSR count). The van der Waals surface area contributed by atoms with E-state index in [1.165, 1.54) is 11.9 Å². The van der Waals surface area contributed by atoms with Crippen molar-refractivity contribution in [2.24, 2.45) is 0 Å². The molecule has 2 aliphatic heterocycles. The monoisotopic (exact) mass is 573 g/mol. The van der Waals surface area contributed by atoms with Crippen LogP contribution in [-0.2, 0) is 28.3 Å². The molecule has 0 aromatic heterocycles. The van der Waals surface area contributed by atoms with Crippen LogP contribution in [0.2, 0.25) is 0 Å². The summed E-state index contributed by atoms with van der Waals surface area (Å²) in [4.78, 5) is 19.6. The zero-order chi connectivity index (χ0) is 28.2. The average Bonchev–Trinajstić information content (AvgIpc) is 2.92. The molecule has 1 amide bonds. The molecule has 2 saturated heterocycles. The summed E-state index contributed by atoms with van der Waals surface area (Å²) in [6.07, 6.45) is -8.18. The van der Waals surface area contributed by atoms with Crippen molar-refractivity contribution in [3.63, 3.8) is 0 Å². The highest BCUT2D eigenvalue weighted by atomic mass is 19.4. The maximum Gasteiger partial charge on any atom is 0.416 e. The first-order chi connectivity index (χ1) is 18.4. The lowest BCUT2D eigenvalue weighted by Gasteiger charge is -2.42. The van der Waals surface area contributed by atoms with Crippen LogP contribution < -0.4 is 0 Å². The molecule has 11 heteroatoms. The summed E-state index contributed by atoms with van der Waals surface area (Å²) < 4.78 is 85.0. The second-order valence-electron chi connectivity index (χ2n) is 10.2. The SMILES string of the molecule is C.CN(CCc1cc(C(F)(F)F)cc(C(F)(F)F)c1)C(=O)C(c1ccccc1)N1CCC(N2CCOCC2)CC1. The Morgan fingerprint density at radius 1 is 0.925 bits per heavy atom. The largest absolute Gasteiger partial charge is 0.416 e. The number of likely N-dealkylation sites (N-methyl/N-ethyl adjacent to an activating group) is 1. The fourth-order valence-corrected chi connectivity index (χ4v) is 5.38. The summed E-state index contributed by atoms with van der Waals surface area (Å²) in [5.41, 5.74) is -2.03. The predicted octanol–water partition coefficient (Wildman–Crippen LogP) is 5.90. The van der Waals surface area contributed by atoms with Gasteiger partial charge in [0, 0.05) is 45.8 Å².